The Balaban J connectivity index is 2.25. The van der Waals surface area contributed by atoms with Gasteiger partial charge >= 0.3 is 0 Å². The van der Waals surface area contributed by atoms with Crippen molar-refractivity contribution in [1.82, 2.24) is 0 Å². The van der Waals surface area contributed by atoms with Crippen LogP contribution >= 0.6 is 0 Å². The molecule has 1 amide bonds. The van der Waals surface area contributed by atoms with Gasteiger partial charge in [-0.25, -0.2) is 0 Å². The third-order valence-electron chi connectivity index (χ3n) is 3.15. The van der Waals surface area contributed by atoms with E-state index in [0.29, 0.717) is 5.69 Å². The summed E-state index contributed by atoms with van der Waals surface area (Å²) < 4.78 is 5.35. The molecule has 2 rings (SSSR count). The molecule has 0 radical (unpaired) electrons. The summed E-state index contributed by atoms with van der Waals surface area (Å²) >= 11 is 0. The Morgan fingerprint density at radius 1 is 1.15 bits per heavy atom. The zero-order valence-corrected chi connectivity index (χ0v) is 11.6. The number of rotatable bonds is 4. The molecule has 0 saturated heterocycles. The summed E-state index contributed by atoms with van der Waals surface area (Å²) in [5, 5.41) is 0. The number of nitrogens with zero attached hydrogens (tertiary/aromatic N) is 1. The lowest BCUT2D eigenvalue weighted by atomic mass is 10.1. The molecule has 0 spiro atoms. The highest BCUT2D eigenvalue weighted by Gasteiger charge is 2.24. The van der Waals surface area contributed by atoms with E-state index in [4.69, 9.17) is 10.5 Å². The average Bonchev–Trinajstić information content (AvgIpc) is 2.48. The lowest BCUT2D eigenvalue weighted by molar-refractivity contribution is -0.128. The van der Waals surface area contributed by atoms with Crippen LogP contribution in [0.2, 0.25) is 0 Å². The minimum atomic E-state index is -0.623. The molecule has 2 aromatic rings. The minimum absolute atomic E-state index is 0.135. The van der Waals surface area contributed by atoms with Crippen LogP contribution in [0.5, 0.6) is 0 Å². The maximum absolute atomic E-state index is 12.5. The van der Waals surface area contributed by atoms with Crippen molar-refractivity contribution in [3.05, 3.63) is 60.2 Å². The molecule has 0 aliphatic carbocycles. The number of anilines is 2. The number of nitrogens with two attached hydrogens (primary N) is 1. The van der Waals surface area contributed by atoms with Gasteiger partial charge in [0.05, 0.1) is 0 Å². The number of ether oxygens (including phenoxy) is 1. The van der Waals surface area contributed by atoms with Gasteiger partial charge in [0, 0.05) is 25.5 Å². The van der Waals surface area contributed by atoms with E-state index >= 15 is 0 Å². The summed E-state index contributed by atoms with van der Waals surface area (Å²) in [5.41, 5.74) is 7.94. The molecule has 104 valence electrons. The molecule has 0 bridgehead atoms. The fourth-order valence-electron chi connectivity index (χ4n) is 2.04. The number of carbonyl (C=O) groups is 1. The van der Waals surface area contributed by atoms with Gasteiger partial charge in [-0.2, -0.15) is 0 Å². The number of methoxy groups -OCH3 is 1. The summed E-state index contributed by atoms with van der Waals surface area (Å²) in [6, 6.07) is 16.6. The Kier molecular flexibility index (Phi) is 4.38. The summed E-state index contributed by atoms with van der Waals surface area (Å²) in [5.74, 6) is -0.135. The van der Waals surface area contributed by atoms with Gasteiger partial charge in [0.25, 0.3) is 5.91 Å². The highest BCUT2D eigenvalue weighted by Crippen LogP contribution is 2.23. The number of hydrogen-bond acceptors (Lipinski definition) is 3. The van der Waals surface area contributed by atoms with Crippen LogP contribution in [0.15, 0.2) is 54.6 Å². The van der Waals surface area contributed by atoms with E-state index in [-0.39, 0.29) is 5.91 Å². The van der Waals surface area contributed by atoms with Crippen LogP contribution < -0.4 is 10.6 Å². The molecule has 0 saturated carbocycles. The zero-order valence-electron chi connectivity index (χ0n) is 11.6. The highest BCUT2D eigenvalue weighted by atomic mass is 16.5. The van der Waals surface area contributed by atoms with Crippen molar-refractivity contribution in [1.29, 1.82) is 0 Å². The van der Waals surface area contributed by atoms with E-state index in [1.165, 1.54) is 7.11 Å². The van der Waals surface area contributed by atoms with Crippen molar-refractivity contribution in [3.8, 4) is 0 Å². The Hall–Kier alpha value is -2.33. The smallest absolute Gasteiger partial charge is 0.260 e. The van der Waals surface area contributed by atoms with Gasteiger partial charge in [-0.15, -0.1) is 0 Å². The minimum Gasteiger partial charge on any atom is -0.399 e. The van der Waals surface area contributed by atoms with E-state index in [1.54, 1.807) is 24.1 Å². The van der Waals surface area contributed by atoms with Gasteiger partial charge in [-0.3, -0.25) is 4.79 Å². The van der Waals surface area contributed by atoms with Crippen LogP contribution in [0.3, 0.4) is 0 Å². The van der Waals surface area contributed by atoms with E-state index in [0.717, 1.165) is 11.3 Å². The van der Waals surface area contributed by atoms with E-state index in [2.05, 4.69) is 0 Å². The predicted octanol–water partition coefficient (Wildman–Crippen LogP) is 2.62. The van der Waals surface area contributed by atoms with Crippen molar-refractivity contribution < 1.29 is 9.53 Å². The van der Waals surface area contributed by atoms with Crippen molar-refractivity contribution in [3.63, 3.8) is 0 Å². The Bertz CT molecular complexity index is 584. The quantitative estimate of drug-likeness (QED) is 0.869. The largest absolute Gasteiger partial charge is 0.399 e. The zero-order chi connectivity index (χ0) is 14.5. The summed E-state index contributed by atoms with van der Waals surface area (Å²) in [6.07, 6.45) is -0.623. The van der Waals surface area contributed by atoms with Gasteiger partial charge in [0.15, 0.2) is 6.10 Å². The van der Waals surface area contributed by atoms with Crippen LogP contribution in [0.4, 0.5) is 11.4 Å². The molecule has 0 aliphatic heterocycles. The topological polar surface area (TPSA) is 55.6 Å². The van der Waals surface area contributed by atoms with Gasteiger partial charge in [-0.05, 0) is 23.8 Å². The second kappa shape index (κ2) is 6.21. The third kappa shape index (κ3) is 2.97. The lowest BCUT2D eigenvalue weighted by Gasteiger charge is -2.23. The normalized spacial score (nSPS) is 11.9. The standard InChI is InChI=1S/C16H18N2O2/c1-18(14-10-6-9-13(17)11-14)16(19)15(20-2)12-7-4-3-5-8-12/h3-11,15H,17H2,1-2H3. The van der Waals surface area contributed by atoms with Crippen LogP contribution in [0, 0.1) is 0 Å². The summed E-state index contributed by atoms with van der Waals surface area (Å²) in [4.78, 5) is 14.1. The molecule has 1 atom stereocenters. The summed E-state index contributed by atoms with van der Waals surface area (Å²) in [6.45, 7) is 0. The molecule has 0 aliphatic rings. The first-order valence-corrected chi connectivity index (χ1v) is 6.34. The highest BCUT2D eigenvalue weighted by molar-refractivity contribution is 5.97. The maximum Gasteiger partial charge on any atom is 0.260 e. The van der Waals surface area contributed by atoms with E-state index in [9.17, 15) is 4.79 Å². The van der Waals surface area contributed by atoms with Gasteiger partial charge in [0.1, 0.15) is 0 Å². The molecule has 4 heteroatoms. The number of amides is 1. The Morgan fingerprint density at radius 3 is 2.45 bits per heavy atom. The molecular formula is C16H18N2O2. The van der Waals surface area contributed by atoms with Gasteiger partial charge < -0.3 is 15.4 Å². The SMILES string of the molecule is COC(C(=O)N(C)c1cccc(N)c1)c1ccccc1. The molecule has 20 heavy (non-hydrogen) atoms. The molecule has 4 nitrogen and oxygen atoms in total. The number of likely N-dealkylation sites (N-methyl/N-ethyl adjacent to an activating group) is 1. The first-order chi connectivity index (χ1) is 9.63. The predicted molar refractivity (Wildman–Crippen MR) is 80.5 cm³/mol. The number of hydrogen-bond donors (Lipinski definition) is 1. The van der Waals surface area contributed by atoms with Crippen molar-refractivity contribution in [2.45, 2.75) is 6.10 Å². The Morgan fingerprint density at radius 2 is 1.85 bits per heavy atom. The third-order valence-corrected chi connectivity index (χ3v) is 3.15. The molecule has 0 aromatic heterocycles. The van der Waals surface area contributed by atoms with Crippen molar-refractivity contribution in [2.75, 3.05) is 24.8 Å². The molecular weight excluding hydrogens is 252 g/mol. The number of carbonyl (C=O) groups excluding carboxylic acids is 1. The second-order valence-corrected chi connectivity index (χ2v) is 4.52. The molecule has 0 fully saturated rings. The first kappa shape index (κ1) is 14.1. The second-order valence-electron chi connectivity index (χ2n) is 4.52. The van der Waals surface area contributed by atoms with Gasteiger partial charge in [0.2, 0.25) is 0 Å². The van der Waals surface area contributed by atoms with Crippen LogP contribution in [0.1, 0.15) is 11.7 Å². The number of benzene rings is 2. The fraction of sp³-hybridized carbons (Fsp3) is 0.188. The van der Waals surface area contributed by atoms with Crippen molar-refractivity contribution in [2.24, 2.45) is 0 Å². The maximum atomic E-state index is 12.5. The van der Waals surface area contributed by atoms with Gasteiger partial charge in [-0.1, -0.05) is 36.4 Å². The molecule has 0 heterocycles. The summed E-state index contributed by atoms with van der Waals surface area (Å²) in [7, 11) is 3.24. The molecule has 2 N–H and O–H groups in total. The fourth-order valence-corrected chi connectivity index (χ4v) is 2.04. The monoisotopic (exact) mass is 270 g/mol. The van der Waals surface area contributed by atoms with Crippen LogP contribution in [-0.2, 0) is 9.53 Å². The number of nitrogen functional groups attached to an aromatic ring is 1. The Labute approximate surface area is 118 Å². The molecule has 1 unspecified atom stereocenters. The van der Waals surface area contributed by atoms with Crippen LogP contribution in [0.25, 0.3) is 0 Å². The first-order valence-electron chi connectivity index (χ1n) is 6.34. The van der Waals surface area contributed by atoms with Crippen molar-refractivity contribution >= 4 is 17.3 Å². The average molecular weight is 270 g/mol. The lowest BCUT2D eigenvalue weighted by Crippen LogP contribution is -2.32. The van der Waals surface area contributed by atoms with E-state index < -0.39 is 6.10 Å². The molecule has 2 aromatic carbocycles. The van der Waals surface area contributed by atoms with Crippen LogP contribution in [-0.4, -0.2) is 20.1 Å². The van der Waals surface area contributed by atoms with E-state index in [1.807, 2.05) is 42.5 Å².